The summed E-state index contributed by atoms with van der Waals surface area (Å²) in [6.07, 6.45) is 1.43. The summed E-state index contributed by atoms with van der Waals surface area (Å²) in [5.74, 6) is -2.02. The fourth-order valence-electron chi connectivity index (χ4n) is 2.68. The average Bonchev–Trinajstić information content (AvgIpc) is 2.98. The maximum absolute atomic E-state index is 13.1. The Morgan fingerprint density at radius 2 is 1.75 bits per heavy atom. The SMILES string of the molecule is O=C(NCc1ccc(N2CCCC2=O)cc1)c1cc(F)cc(F)c1. The Kier molecular flexibility index (Phi) is 4.55. The third-order valence-corrected chi connectivity index (χ3v) is 3.90. The van der Waals surface area contributed by atoms with E-state index in [1.165, 1.54) is 0 Å². The van der Waals surface area contributed by atoms with Crippen LogP contribution in [0.1, 0.15) is 28.8 Å². The third-order valence-electron chi connectivity index (χ3n) is 3.90. The van der Waals surface area contributed by atoms with Crippen LogP contribution in [-0.2, 0) is 11.3 Å². The molecule has 1 fully saturated rings. The molecule has 2 aromatic carbocycles. The molecule has 0 spiro atoms. The first-order chi connectivity index (χ1) is 11.5. The molecule has 24 heavy (non-hydrogen) atoms. The van der Waals surface area contributed by atoms with Crippen molar-refractivity contribution < 1.29 is 18.4 Å². The topological polar surface area (TPSA) is 49.4 Å². The predicted octanol–water partition coefficient (Wildman–Crippen LogP) is 3.02. The normalized spacial score (nSPS) is 14.1. The Balaban J connectivity index is 1.62. The highest BCUT2D eigenvalue weighted by atomic mass is 19.1. The summed E-state index contributed by atoms with van der Waals surface area (Å²) in [7, 11) is 0. The number of anilines is 1. The van der Waals surface area contributed by atoms with Gasteiger partial charge in [-0.05, 0) is 36.2 Å². The molecule has 4 nitrogen and oxygen atoms in total. The van der Waals surface area contributed by atoms with Gasteiger partial charge in [0.15, 0.2) is 0 Å². The molecule has 0 saturated carbocycles. The summed E-state index contributed by atoms with van der Waals surface area (Å²) < 4.78 is 26.2. The highest BCUT2D eigenvalue weighted by Gasteiger charge is 2.21. The molecule has 6 heteroatoms. The molecule has 0 radical (unpaired) electrons. The number of amides is 2. The zero-order valence-electron chi connectivity index (χ0n) is 12.9. The smallest absolute Gasteiger partial charge is 0.251 e. The van der Waals surface area contributed by atoms with E-state index in [9.17, 15) is 18.4 Å². The second-order valence-corrected chi connectivity index (χ2v) is 5.66. The molecule has 124 valence electrons. The van der Waals surface area contributed by atoms with E-state index in [0.29, 0.717) is 6.42 Å². The maximum Gasteiger partial charge on any atom is 0.251 e. The highest BCUT2D eigenvalue weighted by molar-refractivity contribution is 5.95. The molecule has 1 aliphatic heterocycles. The van der Waals surface area contributed by atoms with E-state index in [0.717, 1.165) is 42.4 Å². The van der Waals surface area contributed by atoms with E-state index in [1.54, 1.807) is 4.90 Å². The molecular weight excluding hydrogens is 314 g/mol. The summed E-state index contributed by atoms with van der Waals surface area (Å²) in [6, 6.07) is 9.97. The summed E-state index contributed by atoms with van der Waals surface area (Å²) >= 11 is 0. The van der Waals surface area contributed by atoms with Gasteiger partial charge < -0.3 is 10.2 Å². The molecule has 0 bridgehead atoms. The number of halogens is 2. The number of benzene rings is 2. The zero-order chi connectivity index (χ0) is 17.1. The van der Waals surface area contributed by atoms with Gasteiger partial charge in [-0.3, -0.25) is 9.59 Å². The number of hydrogen-bond acceptors (Lipinski definition) is 2. The van der Waals surface area contributed by atoms with E-state index in [2.05, 4.69) is 5.32 Å². The largest absolute Gasteiger partial charge is 0.348 e. The molecule has 2 aromatic rings. The molecule has 1 N–H and O–H groups in total. The molecule has 0 unspecified atom stereocenters. The zero-order valence-corrected chi connectivity index (χ0v) is 12.9. The summed E-state index contributed by atoms with van der Waals surface area (Å²) in [5, 5.41) is 2.61. The number of rotatable bonds is 4. The van der Waals surface area contributed by atoms with Crippen molar-refractivity contribution in [3.8, 4) is 0 Å². The van der Waals surface area contributed by atoms with Crippen LogP contribution in [0.25, 0.3) is 0 Å². The van der Waals surface area contributed by atoms with Crippen molar-refractivity contribution in [2.24, 2.45) is 0 Å². The molecule has 3 rings (SSSR count). The lowest BCUT2D eigenvalue weighted by atomic mass is 10.1. The second kappa shape index (κ2) is 6.78. The van der Waals surface area contributed by atoms with Gasteiger partial charge in [-0.2, -0.15) is 0 Å². The standard InChI is InChI=1S/C18H16F2N2O2/c19-14-8-13(9-15(20)10-14)18(24)21-11-12-3-5-16(6-4-12)22-7-1-2-17(22)23/h3-6,8-10H,1-2,7,11H2,(H,21,24). The monoisotopic (exact) mass is 330 g/mol. The first-order valence-electron chi connectivity index (χ1n) is 7.66. The predicted molar refractivity (Wildman–Crippen MR) is 85.6 cm³/mol. The van der Waals surface area contributed by atoms with Crippen LogP contribution in [0.2, 0.25) is 0 Å². The minimum atomic E-state index is -0.792. The number of hydrogen-bond donors (Lipinski definition) is 1. The molecule has 0 aliphatic carbocycles. The minimum Gasteiger partial charge on any atom is -0.348 e. The van der Waals surface area contributed by atoms with E-state index in [4.69, 9.17) is 0 Å². The van der Waals surface area contributed by atoms with Crippen molar-refractivity contribution >= 4 is 17.5 Å². The van der Waals surface area contributed by atoms with Crippen molar-refractivity contribution in [3.63, 3.8) is 0 Å². The van der Waals surface area contributed by atoms with E-state index in [1.807, 2.05) is 24.3 Å². The Labute approximate surface area is 138 Å². The lowest BCUT2D eigenvalue weighted by Crippen LogP contribution is -2.24. The lowest BCUT2D eigenvalue weighted by molar-refractivity contribution is -0.117. The molecule has 0 aromatic heterocycles. The number of carbonyl (C=O) groups excluding carboxylic acids is 2. The molecule has 1 heterocycles. The summed E-state index contributed by atoms with van der Waals surface area (Å²) in [6.45, 7) is 0.950. The molecule has 2 amide bonds. The molecule has 1 aliphatic rings. The quantitative estimate of drug-likeness (QED) is 0.937. The van der Waals surface area contributed by atoms with Gasteiger partial charge in [-0.25, -0.2) is 8.78 Å². The van der Waals surface area contributed by atoms with Crippen molar-refractivity contribution in [1.82, 2.24) is 5.32 Å². The fraction of sp³-hybridized carbons (Fsp3) is 0.222. The number of nitrogens with one attached hydrogen (secondary N) is 1. The van der Waals surface area contributed by atoms with Crippen molar-refractivity contribution in [1.29, 1.82) is 0 Å². The Bertz CT molecular complexity index is 755. The van der Waals surface area contributed by atoms with Gasteiger partial charge in [-0.15, -0.1) is 0 Å². The molecule has 0 atom stereocenters. The van der Waals surface area contributed by atoms with Crippen LogP contribution in [0.5, 0.6) is 0 Å². The van der Waals surface area contributed by atoms with Gasteiger partial charge in [0.2, 0.25) is 5.91 Å². The van der Waals surface area contributed by atoms with Gasteiger partial charge in [0.1, 0.15) is 11.6 Å². The molecular formula is C18H16F2N2O2. The van der Waals surface area contributed by atoms with Crippen LogP contribution < -0.4 is 10.2 Å². The van der Waals surface area contributed by atoms with Crippen LogP contribution in [0.3, 0.4) is 0 Å². The van der Waals surface area contributed by atoms with E-state index in [-0.39, 0.29) is 18.0 Å². The highest BCUT2D eigenvalue weighted by Crippen LogP contribution is 2.21. The van der Waals surface area contributed by atoms with Crippen LogP contribution in [0.4, 0.5) is 14.5 Å². The first kappa shape index (κ1) is 16.1. The Morgan fingerprint density at radius 3 is 2.33 bits per heavy atom. The van der Waals surface area contributed by atoms with Crippen molar-refractivity contribution in [2.75, 3.05) is 11.4 Å². The number of nitrogens with zero attached hydrogens (tertiary/aromatic N) is 1. The Morgan fingerprint density at radius 1 is 1.08 bits per heavy atom. The Hall–Kier alpha value is -2.76. The lowest BCUT2D eigenvalue weighted by Gasteiger charge is -2.16. The van der Waals surface area contributed by atoms with Crippen LogP contribution in [-0.4, -0.2) is 18.4 Å². The van der Waals surface area contributed by atoms with Gasteiger partial charge in [0.25, 0.3) is 5.91 Å². The van der Waals surface area contributed by atoms with Crippen molar-refractivity contribution in [2.45, 2.75) is 19.4 Å². The minimum absolute atomic E-state index is 0.0632. The average molecular weight is 330 g/mol. The van der Waals surface area contributed by atoms with Crippen molar-refractivity contribution in [3.05, 3.63) is 65.2 Å². The summed E-state index contributed by atoms with van der Waals surface area (Å²) in [4.78, 5) is 25.4. The van der Waals surface area contributed by atoms with Gasteiger partial charge in [-0.1, -0.05) is 12.1 Å². The fourth-order valence-corrected chi connectivity index (χ4v) is 2.68. The maximum atomic E-state index is 13.1. The first-order valence-corrected chi connectivity index (χ1v) is 7.66. The second-order valence-electron chi connectivity index (χ2n) is 5.66. The van der Waals surface area contributed by atoms with E-state index >= 15 is 0 Å². The van der Waals surface area contributed by atoms with Crippen LogP contribution >= 0.6 is 0 Å². The van der Waals surface area contributed by atoms with Gasteiger partial charge >= 0.3 is 0 Å². The molecule has 1 saturated heterocycles. The number of carbonyl (C=O) groups is 2. The van der Waals surface area contributed by atoms with E-state index < -0.39 is 17.5 Å². The van der Waals surface area contributed by atoms with Gasteiger partial charge in [0, 0.05) is 36.8 Å². The third kappa shape index (κ3) is 3.59. The van der Waals surface area contributed by atoms with Crippen LogP contribution in [0.15, 0.2) is 42.5 Å². The van der Waals surface area contributed by atoms with Crippen LogP contribution in [0, 0.1) is 11.6 Å². The van der Waals surface area contributed by atoms with Gasteiger partial charge in [0.05, 0.1) is 0 Å². The summed E-state index contributed by atoms with van der Waals surface area (Å²) in [5.41, 5.74) is 1.60.